The summed E-state index contributed by atoms with van der Waals surface area (Å²) in [5.41, 5.74) is 0. The van der Waals surface area contributed by atoms with Gasteiger partial charge in [-0.1, -0.05) is 39.5 Å². The molecule has 0 radical (unpaired) electrons. The average Bonchev–Trinajstić information content (AvgIpc) is 2.68. The zero-order valence-electron chi connectivity index (χ0n) is 14.1. The molecule has 2 rings (SSSR count). The molecule has 1 aliphatic rings. The molecule has 1 atom stereocenters. The van der Waals surface area contributed by atoms with E-state index >= 15 is 0 Å². The molecular weight excluding hydrogens is 280 g/mol. The van der Waals surface area contributed by atoms with Crippen LogP contribution in [-0.4, -0.2) is 32.9 Å². The van der Waals surface area contributed by atoms with Crippen LogP contribution >= 0.6 is 0 Å². The van der Waals surface area contributed by atoms with Crippen LogP contribution in [-0.2, 0) is 16.6 Å². The molecule has 0 aliphatic heterocycles. The van der Waals surface area contributed by atoms with Crippen molar-refractivity contribution in [1.82, 2.24) is 14.8 Å². The third-order valence-electron chi connectivity index (χ3n) is 4.10. The summed E-state index contributed by atoms with van der Waals surface area (Å²) in [6.07, 6.45) is 6.78. The molecule has 1 N–H and O–H groups in total. The van der Waals surface area contributed by atoms with Crippen LogP contribution in [0.4, 0.5) is 5.95 Å². The Labute approximate surface area is 132 Å². The second kappa shape index (κ2) is 7.72. The highest BCUT2D eigenvalue weighted by Crippen LogP contribution is 2.21. The van der Waals surface area contributed by atoms with Gasteiger partial charge in [0.25, 0.3) is 5.91 Å². The molecule has 0 saturated heterocycles. The van der Waals surface area contributed by atoms with Crippen molar-refractivity contribution in [2.75, 3.05) is 5.32 Å². The van der Waals surface area contributed by atoms with Gasteiger partial charge in [0.15, 0.2) is 5.82 Å². The summed E-state index contributed by atoms with van der Waals surface area (Å²) in [5, 5.41) is 7.12. The number of ether oxygens (including phenoxy) is 1. The Bertz CT molecular complexity index is 490. The number of aryl methyl sites for hydroxylation is 1. The lowest BCUT2D eigenvalue weighted by Crippen LogP contribution is -2.32. The summed E-state index contributed by atoms with van der Waals surface area (Å²) in [4.78, 5) is 16.6. The number of rotatable bonds is 5. The van der Waals surface area contributed by atoms with Crippen LogP contribution in [0.5, 0.6) is 0 Å². The predicted octanol–water partition coefficient (Wildman–Crippen LogP) is 3.00. The molecule has 1 fully saturated rings. The highest BCUT2D eigenvalue weighted by atomic mass is 16.5. The molecule has 1 aromatic rings. The Hall–Kier alpha value is -1.43. The van der Waals surface area contributed by atoms with Crippen molar-refractivity contribution < 1.29 is 9.53 Å². The van der Waals surface area contributed by atoms with Crippen LogP contribution < -0.4 is 5.32 Å². The lowest BCUT2D eigenvalue weighted by Gasteiger charge is -2.20. The summed E-state index contributed by atoms with van der Waals surface area (Å²) >= 11 is 0. The minimum Gasteiger partial charge on any atom is -0.365 e. The number of nitrogens with one attached hydrogen (secondary N) is 1. The van der Waals surface area contributed by atoms with Gasteiger partial charge in [0.05, 0.1) is 6.10 Å². The first-order chi connectivity index (χ1) is 10.5. The van der Waals surface area contributed by atoms with E-state index in [1.807, 2.05) is 13.8 Å². The fourth-order valence-corrected chi connectivity index (χ4v) is 2.70. The zero-order chi connectivity index (χ0) is 16.1. The SMILES string of the molecule is CC(C)c1nc(NC(=O)[C@H](C)OC2CCCCCC2)n(C)n1. The van der Waals surface area contributed by atoms with Gasteiger partial charge in [-0.3, -0.25) is 10.1 Å². The molecule has 1 saturated carbocycles. The van der Waals surface area contributed by atoms with E-state index in [0.29, 0.717) is 5.95 Å². The van der Waals surface area contributed by atoms with Crippen molar-refractivity contribution >= 4 is 11.9 Å². The van der Waals surface area contributed by atoms with Gasteiger partial charge in [-0.05, 0) is 19.8 Å². The number of amides is 1. The molecule has 0 spiro atoms. The number of nitrogens with zero attached hydrogens (tertiary/aromatic N) is 3. The largest absolute Gasteiger partial charge is 0.365 e. The fraction of sp³-hybridized carbons (Fsp3) is 0.812. The lowest BCUT2D eigenvalue weighted by molar-refractivity contribution is -0.130. The molecule has 6 nitrogen and oxygen atoms in total. The first-order valence-corrected chi connectivity index (χ1v) is 8.34. The molecule has 0 bridgehead atoms. The third kappa shape index (κ3) is 4.53. The normalized spacial score (nSPS) is 18.2. The number of carbonyl (C=O) groups is 1. The third-order valence-corrected chi connectivity index (χ3v) is 4.10. The van der Waals surface area contributed by atoms with Gasteiger partial charge in [-0.15, -0.1) is 0 Å². The van der Waals surface area contributed by atoms with Crippen molar-refractivity contribution in [1.29, 1.82) is 0 Å². The highest BCUT2D eigenvalue weighted by molar-refractivity contribution is 5.92. The average molecular weight is 308 g/mol. The standard InChI is InChI=1S/C16H28N4O2/c1-11(2)14-17-16(20(4)19-14)18-15(21)12(3)22-13-9-7-5-6-8-10-13/h11-13H,5-10H2,1-4H3,(H,17,18,19,21)/t12-/m0/s1. The van der Waals surface area contributed by atoms with Gasteiger partial charge in [-0.2, -0.15) is 10.1 Å². The summed E-state index contributed by atoms with van der Waals surface area (Å²) in [5.74, 6) is 1.28. The smallest absolute Gasteiger partial charge is 0.255 e. The molecule has 1 heterocycles. The Morgan fingerprint density at radius 1 is 1.23 bits per heavy atom. The van der Waals surface area contributed by atoms with Crippen molar-refractivity contribution in [2.24, 2.45) is 7.05 Å². The molecule has 1 aliphatic carbocycles. The maximum Gasteiger partial charge on any atom is 0.255 e. The number of hydrogen-bond acceptors (Lipinski definition) is 4. The molecule has 0 aromatic carbocycles. The minimum absolute atomic E-state index is 0.157. The van der Waals surface area contributed by atoms with Crippen LogP contribution in [0.3, 0.4) is 0 Å². The van der Waals surface area contributed by atoms with Gasteiger partial charge < -0.3 is 4.74 Å². The molecule has 124 valence electrons. The van der Waals surface area contributed by atoms with E-state index < -0.39 is 6.10 Å². The predicted molar refractivity (Wildman–Crippen MR) is 85.8 cm³/mol. The second-order valence-corrected chi connectivity index (χ2v) is 6.45. The fourth-order valence-electron chi connectivity index (χ4n) is 2.70. The monoisotopic (exact) mass is 308 g/mol. The first-order valence-electron chi connectivity index (χ1n) is 8.34. The summed E-state index contributed by atoms with van der Waals surface area (Å²) in [6.45, 7) is 5.86. The van der Waals surface area contributed by atoms with E-state index in [0.717, 1.165) is 18.7 Å². The molecule has 0 unspecified atom stereocenters. The Balaban J connectivity index is 1.90. The molecular formula is C16H28N4O2. The van der Waals surface area contributed by atoms with E-state index in [-0.39, 0.29) is 17.9 Å². The van der Waals surface area contributed by atoms with Crippen LogP contribution in [0.25, 0.3) is 0 Å². The summed E-state index contributed by atoms with van der Waals surface area (Å²) in [6, 6.07) is 0. The molecule has 1 aromatic heterocycles. The first kappa shape index (κ1) is 16.9. The number of anilines is 1. The van der Waals surface area contributed by atoms with Crippen molar-refractivity contribution in [3.8, 4) is 0 Å². The topological polar surface area (TPSA) is 69.0 Å². The van der Waals surface area contributed by atoms with Crippen LogP contribution in [0.15, 0.2) is 0 Å². The van der Waals surface area contributed by atoms with E-state index in [1.54, 1.807) is 18.7 Å². The number of aromatic nitrogens is 3. The van der Waals surface area contributed by atoms with Gasteiger partial charge in [0.1, 0.15) is 6.10 Å². The summed E-state index contributed by atoms with van der Waals surface area (Å²) < 4.78 is 7.53. The lowest BCUT2D eigenvalue weighted by atomic mass is 10.1. The van der Waals surface area contributed by atoms with Crippen molar-refractivity contribution in [3.63, 3.8) is 0 Å². The molecule has 6 heteroatoms. The van der Waals surface area contributed by atoms with Crippen molar-refractivity contribution in [2.45, 2.75) is 77.4 Å². The van der Waals surface area contributed by atoms with E-state index in [9.17, 15) is 4.79 Å². The van der Waals surface area contributed by atoms with E-state index in [2.05, 4.69) is 15.4 Å². The summed E-state index contributed by atoms with van der Waals surface area (Å²) in [7, 11) is 1.78. The second-order valence-electron chi connectivity index (χ2n) is 6.45. The number of hydrogen-bond donors (Lipinski definition) is 1. The van der Waals surface area contributed by atoms with E-state index in [1.165, 1.54) is 25.7 Å². The Morgan fingerprint density at radius 2 is 1.86 bits per heavy atom. The van der Waals surface area contributed by atoms with Crippen LogP contribution in [0, 0.1) is 0 Å². The molecule has 1 amide bonds. The minimum atomic E-state index is -0.470. The quantitative estimate of drug-likeness (QED) is 0.849. The Kier molecular flexibility index (Phi) is 5.94. The van der Waals surface area contributed by atoms with Gasteiger partial charge in [-0.25, -0.2) is 4.68 Å². The van der Waals surface area contributed by atoms with E-state index in [4.69, 9.17) is 4.74 Å². The Morgan fingerprint density at radius 3 is 2.41 bits per heavy atom. The van der Waals surface area contributed by atoms with Crippen LogP contribution in [0.2, 0.25) is 0 Å². The highest BCUT2D eigenvalue weighted by Gasteiger charge is 2.22. The van der Waals surface area contributed by atoms with Gasteiger partial charge in [0, 0.05) is 13.0 Å². The van der Waals surface area contributed by atoms with Crippen molar-refractivity contribution in [3.05, 3.63) is 5.82 Å². The maximum absolute atomic E-state index is 12.3. The van der Waals surface area contributed by atoms with Gasteiger partial charge >= 0.3 is 0 Å². The zero-order valence-corrected chi connectivity index (χ0v) is 14.1. The maximum atomic E-state index is 12.3. The van der Waals surface area contributed by atoms with Crippen LogP contribution in [0.1, 0.15) is 71.0 Å². The van der Waals surface area contributed by atoms with Gasteiger partial charge in [0.2, 0.25) is 5.95 Å². The number of carbonyl (C=O) groups excluding carboxylic acids is 1. The molecule has 22 heavy (non-hydrogen) atoms.